The van der Waals surface area contributed by atoms with Gasteiger partial charge in [-0.1, -0.05) is 0 Å². The molecule has 1 saturated heterocycles. The van der Waals surface area contributed by atoms with Gasteiger partial charge >= 0.3 is 0 Å². The standard InChI is InChI=1S/C14H17N7S/c1-10(14-15-2-7-22-14)20-3-5-21(6-4-20)13-11-12(17-8-16-11)18-9-19-13/h2,7-10H,3-6H2,1H3,(H,16,17,18,19). The summed E-state index contributed by atoms with van der Waals surface area (Å²) in [6.45, 7) is 6.12. The normalized spacial score (nSPS) is 18.0. The summed E-state index contributed by atoms with van der Waals surface area (Å²) < 4.78 is 0. The van der Waals surface area contributed by atoms with E-state index in [1.54, 1.807) is 24.0 Å². The Morgan fingerprint density at radius 2 is 2.00 bits per heavy atom. The highest BCUT2D eigenvalue weighted by Crippen LogP contribution is 2.26. The highest BCUT2D eigenvalue weighted by Gasteiger charge is 2.25. The van der Waals surface area contributed by atoms with Crippen molar-refractivity contribution in [2.45, 2.75) is 13.0 Å². The third-order valence-electron chi connectivity index (χ3n) is 4.17. The second-order valence-corrected chi connectivity index (χ2v) is 6.29. The molecule has 0 amide bonds. The third-order valence-corrected chi connectivity index (χ3v) is 5.12. The number of rotatable bonds is 3. The summed E-state index contributed by atoms with van der Waals surface area (Å²) in [5.74, 6) is 0.948. The maximum atomic E-state index is 4.44. The first-order valence-corrected chi connectivity index (χ1v) is 8.23. The van der Waals surface area contributed by atoms with Gasteiger partial charge in [0.25, 0.3) is 0 Å². The molecular formula is C14H17N7S. The van der Waals surface area contributed by atoms with Gasteiger partial charge in [0.2, 0.25) is 0 Å². The number of hydrogen-bond donors (Lipinski definition) is 1. The van der Waals surface area contributed by atoms with Crippen LogP contribution in [-0.4, -0.2) is 56.0 Å². The molecule has 0 saturated carbocycles. The van der Waals surface area contributed by atoms with E-state index in [4.69, 9.17) is 0 Å². The minimum absolute atomic E-state index is 0.375. The monoisotopic (exact) mass is 315 g/mol. The number of piperazine rings is 1. The van der Waals surface area contributed by atoms with E-state index in [0.717, 1.165) is 43.2 Å². The predicted molar refractivity (Wildman–Crippen MR) is 86.0 cm³/mol. The van der Waals surface area contributed by atoms with Gasteiger partial charge < -0.3 is 9.88 Å². The zero-order chi connectivity index (χ0) is 14.9. The lowest BCUT2D eigenvalue weighted by Crippen LogP contribution is -2.47. The summed E-state index contributed by atoms with van der Waals surface area (Å²) in [5, 5.41) is 3.23. The second kappa shape index (κ2) is 5.62. The van der Waals surface area contributed by atoms with Crippen LogP contribution in [0.2, 0.25) is 0 Å². The molecule has 0 spiro atoms. The van der Waals surface area contributed by atoms with Gasteiger partial charge in [-0.25, -0.2) is 19.9 Å². The number of H-pyrrole nitrogens is 1. The van der Waals surface area contributed by atoms with Crippen molar-refractivity contribution in [3.8, 4) is 0 Å². The molecule has 114 valence electrons. The van der Waals surface area contributed by atoms with Crippen LogP contribution in [0.15, 0.2) is 24.2 Å². The lowest BCUT2D eigenvalue weighted by molar-refractivity contribution is 0.198. The SMILES string of the molecule is CC(c1nccs1)N1CCN(c2ncnc3nc[nH]c23)CC1. The number of imidazole rings is 1. The summed E-state index contributed by atoms with van der Waals surface area (Å²) in [5.41, 5.74) is 1.65. The summed E-state index contributed by atoms with van der Waals surface area (Å²) >= 11 is 1.72. The van der Waals surface area contributed by atoms with Gasteiger partial charge in [-0.15, -0.1) is 11.3 Å². The van der Waals surface area contributed by atoms with Gasteiger partial charge in [0.15, 0.2) is 11.5 Å². The summed E-state index contributed by atoms with van der Waals surface area (Å²) in [4.78, 5) is 25.2. The molecule has 1 unspecified atom stereocenters. The molecule has 3 aromatic rings. The molecule has 4 heterocycles. The summed E-state index contributed by atoms with van der Waals surface area (Å²) in [6.07, 6.45) is 5.13. The quantitative estimate of drug-likeness (QED) is 0.793. The Bertz CT molecular complexity index is 745. The number of hydrogen-bond acceptors (Lipinski definition) is 7. The number of thiazole rings is 1. The lowest BCUT2D eigenvalue weighted by atomic mass is 10.2. The Labute approximate surface area is 132 Å². The maximum absolute atomic E-state index is 4.44. The van der Waals surface area contributed by atoms with Crippen LogP contribution in [0.1, 0.15) is 18.0 Å². The van der Waals surface area contributed by atoms with E-state index in [1.807, 2.05) is 11.6 Å². The Morgan fingerprint density at radius 1 is 1.14 bits per heavy atom. The highest BCUT2D eigenvalue weighted by atomic mass is 32.1. The zero-order valence-corrected chi connectivity index (χ0v) is 13.1. The van der Waals surface area contributed by atoms with Crippen molar-refractivity contribution in [2.24, 2.45) is 0 Å². The minimum Gasteiger partial charge on any atom is -0.352 e. The number of nitrogens with one attached hydrogen (secondary N) is 1. The smallest absolute Gasteiger partial charge is 0.182 e. The number of nitrogens with zero attached hydrogens (tertiary/aromatic N) is 6. The third kappa shape index (κ3) is 2.34. The zero-order valence-electron chi connectivity index (χ0n) is 12.3. The van der Waals surface area contributed by atoms with Crippen LogP contribution in [0.3, 0.4) is 0 Å². The van der Waals surface area contributed by atoms with Crippen LogP contribution in [0.4, 0.5) is 5.82 Å². The molecule has 0 aliphatic carbocycles. The predicted octanol–water partition coefficient (Wildman–Crippen LogP) is 1.69. The van der Waals surface area contributed by atoms with E-state index >= 15 is 0 Å². The van der Waals surface area contributed by atoms with Crippen LogP contribution in [0.25, 0.3) is 11.2 Å². The second-order valence-electron chi connectivity index (χ2n) is 5.37. The molecule has 1 aliphatic heterocycles. The molecule has 1 fully saturated rings. The molecule has 1 N–H and O–H groups in total. The van der Waals surface area contributed by atoms with E-state index < -0.39 is 0 Å². The molecule has 1 aliphatic rings. The van der Waals surface area contributed by atoms with Crippen LogP contribution < -0.4 is 4.90 Å². The molecule has 8 heteroatoms. The average molecular weight is 315 g/mol. The van der Waals surface area contributed by atoms with Crippen molar-refractivity contribution in [3.63, 3.8) is 0 Å². The summed E-state index contributed by atoms with van der Waals surface area (Å²) in [7, 11) is 0. The Kier molecular flexibility index (Phi) is 3.47. The van der Waals surface area contributed by atoms with E-state index in [-0.39, 0.29) is 0 Å². The van der Waals surface area contributed by atoms with Gasteiger partial charge in [-0.05, 0) is 6.92 Å². The highest BCUT2D eigenvalue weighted by molar-refractivity contribution is 7.09. The molecule has 0 radical (unpaired) electrons. The van der Waals surface area contributed by atoms with Crippen LogP contribution >= 0.6 is 11.3 Å². The van der Waals surface area contributed by atoms with Crippen LogP contribution in [0.5, 0.6) is 0 Å². The van der Waals surface area contributed by atoms with Gasteiger partial charge in [-0.3, -0.25) is 4.90 Å². The Morgan fingerprint density at radius 3 is 2.77 bits per heavy atom. The molecule has 3 aromatic heterocycles. The Hall–Kier alpha value is -2.06. The van der Waals surface area contributed by atoms with Crippen LogP contribution in [-0.2, 0) is 0 Å². The summed E-state index contributed by atoms with van der Waals surface area (Å²) in [6, 6.07) is 0.375. The van der Waals surface area contributed by atoms with Gasteiger partial charge in [0.05, 0.1) is 12.4 Å². The number of aromatic nitrogens is 5. The molecule has 1 atom stereocenters. The first kappa shape index (κ1) is 13.6. The van der Waals surface area contributed by atoms with E-state index in [1.165, 1.54) is 5.01 Å². The van der Waals surface area contributed by atoms with Crippen molar-refractivity contribution >= 4 is 28.3 Å². The topological polar surface area (TPSA) is 73.8 Å². The Balaban J connectivity index is 1.49. The minimum atomic E-state index is 0.375. The van der Waals surface area contributed by atoms with Crippen molar-refractivity contribution in [3.05, 3.63) is 29.2 Å². The molecule has 0 bridgehead atoms. The van der Waals surface area contributed by atoms with Crippen molar-refractivity contribution in [1.82, 2.24) is 29.8 Å². The fourth-order valence-corrected chi connectivity index (χ4v) is 3.64. The van der Waals surface area contributed by atoms with Crippen molar-refractivity contribution < 1.29 is 0 Å². The lowest BCUT2D eigenvalue weighted by Gasteiger charge is -2.37. The largest absolute Gasteiger partial charge is 0.352 e. The molecule has 0 aromatic carbocycles. The first-order valence-electron chi connectivity index (χ1n) is 7.35. The van der Waals surface area contributed by atoms with Crippen molar-refractivity contribution in [2.75, 3.05) is 31.1 Å². The maximum Gasteiger partial charge on any atom is 0.182 e. The molecule has 4 rings (SSSR count). The van der Waals surface area contributed by atoms with Gasteiger partial charge in [0, 0.05) is 37.8 Å². The van der Waals surface area contributed by atoms with Crippen LogP contribution in [0, 0.1) is 0 Å². The van der Waals surface area contributed by atoms with E-state index in [9.17, 15) is 0 Å². The first-order chi connectivity index (χ1) is 10.8. The molecule has 7 nitrogen and oxygen atoms in total. The number of anilines is 1. The molecule has 22 heavy (non-hydrogen) atoms. The molecular weight excluding hydrogens is 298 g/mol. The fourth-order valence-electron chi connectivity index (χ4n) is 2.91. The van der Waals surface area contributed by atoms with E-state index in [0.29, 0.717) is 6.04 Å². The van der Waals surface area contributed by atoms with E-state index in [2.05, 4.69) is 41.6 Å². The average Bonchev–Trinajstić information content (AvgIpc) is 3.25. The van der Waals surface area contributed by atoms with Gasteiger partial charge in [0.1, 0.15) is 16.9 Å². The van der Waals surface area contributed by atoms with Crippen molar-refractivity contribution in [1.29, 1.82) is 0 Å². The number of fused-ring (bicyclic) bond motifs is 1. The van der Waals surface area contributed by atoms with Gasteiger partial charge in [-0.2, -0.15) is 0 Å². The number of aromatic amines is 1. The fraction of sp³-hybridized carbons (Fsp3) is 0.429.